The third-order valence-corrected chi connectivity index (χ3v) is 6.39. The minimum atomic E-state index is -3.05. The van der Waals surface area contributed by atoms with E-state index in [4.69, 9.17) is 0 Å². The number of fused-ring (bicyclic) bond motifs is 1. The second-order valence-electron chi connectivity index (χ2n) is 6.25. The van der Waals surface area contributed by atoms with E-state index in [0.29, 0.717) is 19.0 Å². The van der Waals surface area contributed by atoms with Crippen molar-refractivity contribution >= 4 is 15.8 Å². The molecule has 0 radical (unpaired) electrons. The molecule has 8 heteroatoms. The highest BCUT2D eigenvalue weighted by molar-refractivity contribution is 7.91. The van der Waals surface area contributed by atoms with E-state index in [0.717, 1.165) is 12.2 Å². The third-order valence-electron chi connectivity index (χ3n) is 4.69. The lowest BCUT2D eigenvalue weighted by Gasteiger charge is -2.43. The molecule has 126 valence electrons. The molecule has 2 atom stereocenters. The highest BCUT2D eigenvalue weighted by Gasteiger charge is 2.47. The molecule has 4 heterocycles. The molecule has 2 aromatic heterocycles. The van der Waals surface area contributed by atoms with E-state index in [1.165, 1.54) is 0 Å². The van der Waals surface area contributed by atoms with Gasteiger partial charge in [-0.05, 0) is 18.2 Å². The molecule has 24 heavy (non-hydrogen) atoms. The van der Waals surface area contributed by atoms with Crippen LogP contribution in [0.2, 0.25) is 0 Å². The molecule has 2 aromatic rings. The van der Waals surface area contributed by atoms with Crippen molar-refractivity contribution in [2.24, 2.45) is 0 Å². The number of piperazine rings is 1. The molecule has 0 bridgehead atoms. The first-order chi connectivity index (χ1) is 11.6. The van der Waals surface area contributed by atoms with Crippen molar-refractivity contribution in [3.05, 3.63) is 48.5 Å². The average Bonchev–Trinajstić information content (AvgIpc) is 2.92. The Morgan fingerprint density at radius 3 is 2.46 bits per heavy atom. The molecule has 0 amide bonds. The Kier molecular flexibility index (Phi) is 3.93. The monoisotopic (exact) mass is 345 g/mol. The lowest BCUT2D eigenvalue weighted by molar-refractivity contribution is 0.157. The summed E-state index contributed by atoms with van der Waals surface area (Å²) in [5.41, 5.74) is 0.963. The van der Waals surface area contributed by atoms with Crippen molar-refractivity contribution in [3.63, 3.8) is 0 Å². The van der Waals surface area contributed by atoms with Gasteiger partial charge in [0.15, 0.2) is 9.84 Å². The van der Waals surface area contributed by atoms with Gasteiger partial charge in [-0.25, -0.2) is 18.4 Å². The molecule has 0 aromatic carbocycles. The topological polar surface area (TPSA) is 79.3 Å². The van der Waals surface area contributed by atoms with Gasteiger partial charge >= 0.3 is 0 Å². The molecule has 7 nitrogen and oxygen atoms in total. The Bertz CT molecular complexity index is 800. The Morgan fingerprint density at radius 1 is 0.958 bits per heavy atom. The first-order valence-electron chi connectivity index (χ1n) is 8.00. The molecule has 2 fully saturated rings. The van der Waals surface area contributed by atoms with Gasteiger partial charge in [0.2, 0.25) is 5.95 Å². The summed E-state index contributed by atoms with van der Waals surface area (Å²) in [5, 5.41) is 0. The molecule has 0 unspecified atom stereocenters. The maximum Gasteiger partial charge on any atom is 0.225 e. The van der Waals surface area contributed by atoms with Crippen molar-refractivity contribution in [2.75, 3.05) is 29.5 Å². The van der Waals surface area contributed by atoms with E-state index < -0.39 is 9.84 Å². The molecular weight excluding hydrogens is 326 g/mol. The molecule has 2 saturated heterocycles. The quantitative estimate of drug-likeness (QED) is 0.794. The van der Waals surface area contributed by atoms with E-state index in [-0.39, 0.29) is 23.6 Å². The average molecular weight is 345 g/mol. The minimum absolute atomic E-state index is 0.0467. The van der Waals surface area contributed by atoms with Gasteiger partial charge < -0.3 is 4.90 Å². The van der Waals surface area contributed by atoms with Gasteiger partial charge in [-0.15, -0.1) is 0 Å². The summed E-state index contributed by atoms with van der Waals surface area (Å²) in [6.45, 7) is 2.15. The van der Waals surface area contributed by atoms with Crippen LogP contribution in [0.25, 0.3) is 0 Å². The van der Waals surface area contributed by atoms with Gasteiger partial charge in [-0.2, -0.15) is 0 Å². The molecule has 0 saturated carbocycles. The highest BCUT2D eigenvalue weighted by Crippen LogP contribution is 2.29. The van der Waals surface area contributed by atoms with Crippen LogP contribution in [0.1, 0.15) is 5.69 Å². The van der Waals surface area contributed by atoms with Crippen molar-refractivity contribution < 1.29 is 8.42 Å². The van der Waals surface area contributed by atoms with Crippen LogP contribution in [0, 0.1) is 0 Å². The van der Waals surface area contributed by atoms with Crippen LogP contribution in [0.4, 0.5) is 5.95 Å². The molecule has 4 rings (SSSR count). The first-order valence-corrected chi connectivity index (χ1v) is 9.82. The summed E-state index contributed by atoms with van der Waals surface area (Å²) in [7, 11) is -3.05. The molecule has 2 aliphatic heterocycles. The van der Waals surface area contributed by atoms with Crippen molar-refractivity contribution in [3.8, 4) is 0 Å². The van der Waals surface area contributed by atoms with Crippen molar-refractivity contribution in [1.29, 1.82) is 0 Å². The van der Waals surface area contributed by atoms with Crippen LogP contribution in [0.15, 0.2) is 42.9 Å². The van der Waals surface area contributed by atoms with Gasteiger partial charge in [0.1, 0.15) is 0 Å². The van der Waals surface area contributed by atoms with Gasteiger partial charge in [0.05, 0.1) is 23.2 Å². The van der Waals surface area contributed by atoms with Gasteiger partial charge in [0.25, 0.3) is 0 Å². The lowest BCUT2D eigenvalue weighted by Crippen LogP contribution is -2.59. The number of hydrogen-bond donors (Lipinski definition) is 0. The number of anilines is 1. The summed E-state index contributed by atoms with van der Waals surface area (Å²) in [6.07, 6.45) is 5.16. The van der Waals surface area contributed by atoms with Crippen LogP contribution < -0.4 is 4.90 Å². The molecular formula is C16H19N5O2S. The van der Waals surface area contributed by atoms with Gasteiger partial charge in [-0.3, -0.25) is 9.88 Å². The van der Waals surface area contributed by atoms with Gasteiger partial charge in [0, 0.05) is 44.3 Å². The predicted octanol–water partition coefficient (Wildman–Crippen LogP) is 0.359. The van der Waals surface area contributed by atoms with E-state index in [1.54, 1.807) is 24.7 Å². The van der Waals surface area contributed by atoms with Crippen LogP contribution in [-0.4, -0.2) is 64.9 Å². The van der Waals surface area contributed by atoms with E-state index >= 15 is 0 Å². The summed E-state index contributed by atoms with van der Waals surface area (Å²) < 4.78 is 24.5. The molecule has 0 spiro atoms. The fourth-order valence-corrected chi connectivity index (χ4v) is 5.62. The highest BCUT2D eigenvalue weighted by atomic mass is 32.2. The zero-order valence-corrected chi connectivity index (χ0v) is 14.0. The summed E-state index contributed by atoms with van der Waals surface area (Å²) in [4.78, 5) is 17.3. The zero-order chi connectivity index (χ0) is 16.6. The molecule has 2 aliphatic rings. The maximum atomic E-state index is 12.3. The largest absolute Gasteiger partial charge is 0.334 e. The van der Waals surface area contributed by atoms with E-state index in [2.05, 4.69) is 19.9 Å². The number of aromatic nitrogens is 3. The Morgan fingerprint density at radius 2 is 1.71 bits per heavy atom. The Hall–Kier alpha value is -2.06. The number of rotatable bonds is 3. The van der Waals surface area contributed by atoms with E-state index in [9.17, 15) is 8.42 Å². The fraction of sp³-hybridized carbons (Fsp3) is 0.438. The minimum Gasteiger partial charge on any atom is -0.334 e. The first kappa shape index (κ1) is 15.5. The molecule has 0 aliphatic carbocycles. The third kappa shape index (κ3) is 2.99. The fourth-order valence-electron chi connectivity index (χ4n) is 3.61. The lowest BCUT2D eigenvalue weighted by atomic mass is 10.0. The standard InChI is InChI=1S/C16H19N5O2S/c22-24(23)11-14-15(12-24)21(16-18-6-3-7-19-16)9-8-20(14)10-13-4-1-2-5-17-13/h1-7,14-15H,8-12H2/t14-,15+/m1/s1. The smallest absolute Gasteiger partial charge is 0.225 e. The SMILES string of the molecule is O=S1(=O)C[C@@H]2[C@H](C1)N(c1ncccn1)CCN2Cc1ccccn1. The summed E-state index contributed by atoms with van der Waals surface area (Å²) in [5.74, 6) is 0.963. The normalized spacial score (nSPS) is 26.2. The van der Waals surface area contributed by atoms with Crippen LogP contribution in [-0.2, 0) is 16.4 Å². The second kappa shape index (κ2) is 6.10. The predicted molar refractivity (Wildman–Crippen MR) is 90.3 cm³/mol. The zero-order valence-electron chi connectivity index (χ0n) is 13.2. The molecule has 0 N–H and O–H groups in total. The Balaban J connectivity index is 1.61. The number of hydrogen-bond acceptors (Lipinski definition) is 7. The van der Waals surface area contributed by atoms with E-state index in [1.807, 2.05) is 23.1 Å². The van der Waals surface area contributed by atoms with Crippen molar-refractivity contribution in [2.45, 2.75) is 18.6 Å². The maximum absolute atomic E-state index is 12.3. The number of pyridine rings is 1. The number of nitrogens with zero attached hydrogens (tertiary/aromatic N) is 5. The van der Waals surface area contributed by atoms with Crippen LogP contribution >= 0.6 is 0 Å². The van der Waals surface area contributed by atoms with Crippen molar-refractivity contribution in [1.82, 2.24) is 19.9 Å². The van der Waals surface area contributed by atoms with Crippen LogP contribution in [0.3, 0.4) is 0 Å². The Labute approximate surface area is 141 Å². The number of sulfone groups is 1. The van der Waals surface area contributed by atoms with Gasteiger partial charge in [-0.1, -0.05) is 6.07 Å². The van der Waals surface area contributed by atoms with Crippen LogP contribution in [0.5, 0.6) is 0 Å². The summed E-state index contributed by atoms with van der Waals surface area (Å²) >= 11 is 0. The second-order valence-corrected chi connectivity index (χ2v) is 8.40. The summed E-state index contributed by atoms with van der Waals surface area (Å²) in [6, 6.07) is 7.44.